The number of rotatable bonds is 13. The summed E-state index contributed by atoms with van der Waals surface area (Å²) in [7, 11) is 1.14. The van der Waals surface area contributed by atoms with Crippen molar-refractivity contribution in [3.05, 3.63) is 95.3 Å². The van der Waals surface area contributed by atoms with E-state index >= 15 is 0 Å². The molecule has 0 unspecified atom stereocenters. The first kappa shape index (κ1) is 36.3. The highest BCUT2D eigenvalue weighted by Crippen LogP contribution is 2.36. The Balaban J connectivity index is 1.55. The molecule has 2 aliphatic rings. The summed E-state index contributed by atoms with van der Waals surface area (Å²) in [6, 6.07) is 15.4. The molecule has 0 spiro atoms. The van der Waals surface area contributed by atoms with Gasteiger partial charge in [0, 0.05) is 24.0 Å². The summed E-state index contributed by atoms with van der Waals surface area (Å²) >= 11 is 0. The van der Waals surface area contributed by atoms with Crippen LogP contribution in [-0.4, -0.2) is 107 Å². The fourth-order valence-corrected chi connectivity index (χ4v) is 4.99. The highest BCUT2D eigenvalue weighted by Gasteiger charge is 2.47. The Morgan fingerprint density at radius 1 is 0.938 bits per heavy atom. The molecule has 258 valence electrons. The molecular weight excluding hydrogens is 632 g/mol. The number of methoxy groups -OCH3 is 1. The van der Waals surface area contributed by atoms with E-state index < -0.39 is 73.8 Å². The van der Waals surface area contributed by atoms with E-state index in [1.165, 1.54) is 24.3 Å². The van der Waals surface area contributed by atoms with Gasteiger partial charge in [0.25, 0.3) is 0 Å². The number of benzene rings is 2. The van der Waals surface area contributed by atoms with Crippen LogP contribution < -0.4 is 0 Å². The second kappa shape index (κ2) is 17.5. The van der Waals surface area contributed by atoms with Crippen molar-refractivity contribution in [2.24, 2.45) is 5.92 Å². The summed E-state index contributed by atoms with van der Waals surface area (Å²) < 4.78 is 32.6. The first-order chi connectivity index (χ1) is 23.1. The van der Waals surface area contributed by atoms with E-state index in [1.54, 1.807) is 42.5 Å². The maximum Gasteiger partial charge on any atom is 0.337 e. The first-order valence-electron chi connectivity index (χ1n) is 15.0. The van der Waals surface area contributed by atoms with Gasteiger partial charge in [-0.25, -0.2) is 9.59 Å². The van der Waals surface area contributed by atoms with Crippen LogP contribution in [0.1, 0.15) is 17.5 Å². The average Bonchev–Trinajstić information content (AvgIpc) is 3.09. The van der Waals surface area contributed by atoms with E-state index in [4.69, 9.17) is 28.4 Å². The van der Waals surface area contributed by atoms with Crippen LogP contribution in [-0.2, 0) is 49.2 Å². The zero-order valence-electron chi connectivity index (χ0n) is 26.0. The SMILES string of the molecule is COC(=O)C1=CO[C@H](O[C@@H]2O[C@H](CO)[C@@H](O)[C@H](O)[C@H]2O)/C(=C\COC(=O)/C=C/c2ccccc2)[C@@H]1CC(=O)OCCc1ccc(O)cc1. The number of carbonyl (C=O) groups is 3. The van der Waals surface area contributed by atoms with Gasteiger partial charge in [-0.15, -0.1) is 0 Å². The Bertz CT molecular complexity index is 1470. The van der Waals surface area contributed by atoms with Gasteiger partial charge in [-0.2, -0.15) is 0 Å². The lowest BCUT2D eigenvalue weighted by atomic mass is 9.86. The zero-order valence-corrected chi connectivity index (χ0v) is 26.0. The molecule has 5 N–H and O–H groups in total. The number of ether oxygens (including phenoxy) is 6. The number of aromatic hydroxyl groups is 1. The van der Waals surface area contributed by atoms with Crippen molar-refractivity contribution in [3.63, 3.8) is 0 Å². The van der Waals surface area contributed by atoms with Gasteiger partial charge in [0.2, 0.25) is 6.29 Å². The molecule has 2 aromatic carbocycles. The van der Waals surface area contributed by atoms with Crippen LogP contribution in [0.2, 0.25) is 0 Å². The summed E-state index contributed by atoms with van der Waals surface area (Å²) in [5, 5.41) is 50.1. The summed E-state index contributed by atoms with van der Waals surface area (Å²) in [4.78, 5) is 38.3. The number of hydrogen-bond donors (Lipinski definition) is 5. The Morgan fingerprint density at radius 3 is 2.35 bits per heavy atom. The third-order valence-electron chi connectivity index (χ3n) is 7.61. The standard InChI is InChI=1S/C34H38O14/c1-43-32(42)25-19-46-33(48-34-31(41)30(40)29(39)26(18-35)47-34)23(14-16-44-27(37)12-9-20-5-3-2-4-6-20)24(25)17-28(38)45-15-13-21-7-10-22(36)11-8-21/h2-12,14,19,24,26,29-31,33-36,39-41H,13,15-18H2,1H3/b12-9+,23-14-/t24-,26+,29+,30-,31+,33+,34-/m0/s1. The largest absolute Gasteiger partial charge is 0.508 e. The van der Waals surface area contributed by atoms with E-state index in [2.05, 4.69) is 0 Å². The molecule has 1 fully saturated rings. The van der Waals surface area contributed by atoms with E-state index in [0.717, 1.165) is 24.5 Å². The van der Waals surface area contributed by atoms with E-state index in [9.17, 15) is 39.9 Å². The molecule has 7 atom stereocenters. The van der Waals surface area contributed by atoms with Crippen LogP contribution >= 0.6 is 0 Å². The molecule has 0 aliphatic carbocycles. The molecule has 0 aromatic heterocycles. The summed E-state index contributed by atoms with van der Waals surface area (Å²) in [6.45, 7) is -1.10. The number of aliphatic hydroxyl groups excluding tert-OH is 4. The molecule has 0 saturated carbocycles. The number of aliphatic hydroxyl groups is 4. The second-order valence-corrected chi connectivity index (χ2v) is 10.8. The lowest BCUT2D eigenvalue weighted by Gasteiger charge is -2.42. The summed E-state index contributed by atoms with van der Waals surface area (Å²) in [5.41, 5.74) is 1.56. The highest BCUT2D eigenvalue weighted by molar-refractivity contribution is 5.91. The summed E-state index contributed by atoms with van der Waals surface area (Å²) in [6.07, 6.45) is -4.53. The molecule has 4 rings (SSSR count). The van der Waals surface area contributed by atoms with Gasteiger partial charge in [-0.05, 0) is 35.4 Å². The minimum atomic E-state index is -1.79. The Kier molecular flexibility index (Phi) is 13.3. The third-order valence-corrected chi connectivity index (χ3v) is 7.61. The number of phenols is 1. The Morgan fingerprint density at radius 2 is 1.67 bits per heavy atom. The Hall–Kier alpha value is -4.57. The number of phenolic OH excluding ortho intramolecular Hbond substituents is 1. The molecule has 14 heteroatoms. The van der Waals surface area contributed by atoms with Crippen molar-refractivity contribution in [2.75, 3.05) is 26.9 Å². The number of carbonyl (C=O) groups excluding carboxylic acids is 3. The minimum absolute atomic E-state index is 0.0146. The van der Waals surface area contributed by atoms with E-state index in [0.29, 0.717) is 6.42 Å². The van der Waals surface area contributed by atoms with Crippen molar-refractivity contribution >= 4 is 24.0 Å². The summed E-state index contributed by atoms with van der Waals surface area (Å²) in [5.74, 6) is -3.25. The first-order valence-corrected chi connectivity index (χ1v) is 15.0. The van der Waals surface area contributed by atoms with Gasteiger partial charge >= 0.3 is 17.9 Å². The van der Waals surface area contributed by atoms with Crippen molar-refractivity contribution in [1.29, 1.82) is 0 Å². The van der Waals surface area contributed by atoms with Crippen molar-refractivity contribution in [3.8, 4) is 5.75 Å². The molecule has 14 nitrogen and oxygen atoms in total. The third kappa shape index (κ3) is 9.73. The monoisotopic (exact) mass is 670 g/mol. The predicted octanol–water partition coefficient (Wildman–Crippen LogP) is 0.897. The number of hydrogen-bond acceptors (Lipinski definition) is 14. The number of esters is 3. The normalized spacial score (nSPS) is 26.4. The van der Waals surface area contributed by atoms with E-state index in [-0.39, 0.29) is 30.1 Å². The van der Waals surface area contributed by atoms with Gasteiger partial charge in [0.15, 0.2) is 6.29 Å². The van der Waals surface area contributed by atoms with Crippen molar-refractivity contribution < 1.29 is 68.3 Å². The van der Waals surface area contributed by atoms with Gasteiger partial charge < -0.3 is 54.0 Å². The topological polar surface area (TPSA) is 208 Å². The van der Waals surface area contributed by atoms with Crippen LogP contribution in [0.3, 0.4) is 0 Å². The Labute approximate surface area is 276 Å². The molecule has 2 aliphatic heterocycles. The highest BCUT2D eigenvalue weighted by atomic mass is 16.8. The lowest BCUT2D eigenvalue weighted by Crippen LogP contribution is -2.60. The molecular formula is C34H38O14. The molecule has 0 amide bonds. The van der Waals surface area contributed by atoms with Crippen molar-refractivity contribution in [1.82, 2.24) is 0 Å². The predicted molar refractivity (Wildman–Crippen MR) is 165 cm³/mol. The van der Waals surface area contributed by atoms with Gasteiger partial charge in [0.05, 0.1) is 38.6 Å². The van der Waals surface area contributed by atoms with Crippen LogP contribution in [0.4, 0.5) is 0 Å². The van der Waals surface area contributed by atoms with Gasteiger partial charge in [-0.1, -0.05) is 42.5 Å². The van der Waals surface area contributed by atoms with E-state index in [1.807, 2.05) is 6.07 Å². The quantitative estimate of drug-likeness (QED) is 0.0869. The maximum absolute atomic E-state index is 13.1. The fourth-order valence-electron chi connectivity index (χ4n) is 4.99. The molecule has 48 heavy (non-hydrogen) atoms. The molecule has 0 radical (unpaired) electrons. The molecule has 1 saturated heterocycles. The van der Waals surface area contributed by atoms with Crippen LogP contribution in [0, 0.1) is 5.92 Å². The fraction of sp³-hybridized carbons (Fsp3) is 0.382. The second-order valence-electron chi connectivity index (χ2n) is 10.8. The lowest BCUT2D eigenvalue weighted by molar-refractivity contribution is -0.327. The minimum Gasteiger partial charge on any atom is -0.508 e. The van der Waals surface area contributed by atoms with Crippen LogP contribution in [0.25, 0.3) is 6.08 Å². The van der Waals surface area contributed by atoms with Crippen LogP contribution in [0.5, 0.6) is 5.75 Å². The van der Waals surface area contributed by atoms with Crippen molar-refractivity contribution in [2.45, 2.75) is 49.8 Å². The van der Waals surface area contributed by atoms with Gasteiger partial charge in [-0.3, -0.25) is 4.79 Å². The molecule has 2 aromatic rings. The van der Waals surface area contributed by atoms with Crippen LogP contribution in [0.15, 0.2) is 84.2 Å². The zero-order chi connectivity index (χ0) is 34.6. The smallest absolute Gasteiger partial charge is 0.337 e. The molecule has 2 heterocycles. The molecule has 0 bridgehead atoms. The van der Waals surface area contributed by atoms with Gasteiger partial charge in [0.1, 0.15) is 36.8 Å². The maximum atomic E-state index is 13.1. The average molecular weight is 671 g/mol.